The van der Waals surface area contributed by atoms with Gasteiger partial charge in [0.1, 0.15) is 5.69 Å². The monoisotopic (exact) mass is 337 g/mol. The Balaban J connectivity index is 1.40. The first-order valence-corrected chi connectivity index (χ1v) is 8.96. The predicted molar refractivity (Wildman–Crippen MR) is 94.6 cm³/mol. The van der Waals surface area contributed by atoms with E-state index >= 15 is 0 Å². The summed E-state index contributed by atoms with van der Waals surface area (Å²) in [7, 11) is 0. The number of rotatable bonds is 6. The molecule has 0 aromatic carbocycles. The van der Waals surface area contributed by atoms with Crippen LogP contribution in [0.1, 0.15) is 31.4 Å². The maximum absolute atomic E-state index is 5.58. The van der Waals surface area contributed by atoms with Crippen molar-refractivity contribution in [3.8, 4) is 11.3 Å². The fourth-order valence-electron chi connectivity index (χ4n) is 3.55. The Morgan fingerprint density at radius 2 is 2.20 bits per heavy atom. The number of pyridine rings is 1. The molecular weight excluding hydrogens is 314 g/mol. The summed E-state index contributed by atoms with van der Waals surface area (Å²) in [6, 6.07) is 8.51. The topological polar surface area (TPSA) is 60.0 Å². The summed E-state index contributed by atoms with van der Waals surface area (Å²) < 4.78 is 7.60. The fraction of sp³-hybridized carbons (Fsp3) is 0.421. The lowest BCUT2D eigenvalue weighted by molar-refractivity contribution is 0.115. The molecule has 25 heavy (non-hydrogen) atoms. The van der Waals surface area contributed by atoms with Gasteiger partial charge in [0.15, 0.2) is 5.76 Å². The average molecular weight is 337 g/mol. The molecule has 0 N–H and O–H groups in total. The number of piperidine rings is 1. The summed E-state index contributed by atoms with van der Waals surface area (Å²) in [5, 5.41) is 8.52. The minimum Gasteiger partial charge on any atom is -0.359 e. The van der Waals surface area contributed by atoms with Gasteiger partial charge in [-0.15, -0.1) is 0 Å². The van der Waals surface area contributed by atoms with E-state index in [0.717, 1.165) is 43.1 Å². The SMILES string of the molecule is c1cncc(-c2cc(CN3CCCCC3CCn3cccn3)on2)c1. The lowest BCUT2D eigenvalue weighted by Crippen LogP contribution is -2.39. The lowest BCUT2D eigenvalue weighted by atomic mass is 9.99. The summed E-state index contributed by atoms with van der Waals surface area (Å²) in [5.74, 6) is 0.921. The normalized spacial score (nSPS) is 18.5. The molecule has 1 unspecified atom stereocenters. The van der Waals surface area contributed by atoms with Crippen LogP contribution in [0.3, 0.4) is 0 Å². The Hall–Kier alpha value is -2.47. The Morgan fingerprint density at radius 1 is 1.20 bits per heavy atom. The highest BCUT2D eigenvalue weighted by atomic mass is 16.5. The predicted octanol–water partition coefficient (Wildman–Crippen LogP) is 3.38. The van der Waals surface area contributed by atoms with Crippen molar-refractivity contribution in [1.29, 1.82) is 0 Å². The van der Waals surface area contributed by atoms with E-state index < -0.39 is 0 Å². The summed E-state index contributed by atoms with van der Waals surface area (Å²) in [5.41, 5.74) is 1.85. The van der Waals surface area contributed by atoms with Gasteiger partial charge in [0, 0.05) is 49.0 Å². The van der Waals surface area contributed by atoms with Gasteiger partial charge < -0.3 is 4.52 Å². The highest BCUT2D eigenvalue weighted by Crippen LogP contribution is 2.24. The van der Waals surface area contributed by atoms with Crippen molar-refractivity contribution in [2.75, 3.05) is 6.54 Å². The number of aromatic nitrogens is 4. The zero-order valence-corrected chi connectivity index (χ0v) is 14.3. The van der Waals surface area contributed by atoms with E-state index in [1.54, 1.807) is 6.20 Å². The minimum absolute atomic E-state index is 0.574. The van der Waals surface area contributed by atoms with E-state index in [2.05, 4.69) is 20.1 Å². The maximum Gasteiger partial charge on any atom is 0.151 e. The molecule has 1 fully saturated rings. The zero-order valence-electron chi connectivity index (χ0n) is 14.3. The van der Waals surface area contributed by atoms with Gasteiger partial charge in [-0.3, -0.25) is 14.6 Å². The number of likely N-dealkylation sites (tertiary alicyclic amines) is 1. The van der Waals surface area contributed by atoms with Gasteiger partial charge >= 0.3 is 0 Å². The molecule has 3 aromatic rings. The largest absolute Gasteiger partial charge is 0.359 e. The molecule has 0 aliphatic carbocycles. The molecule has 4 rings (SSSR count). The third-order valence-electron chi connectivity index (χ3n) is 4.87. The zero-order chi connectivity index (χ0) is 16.9. The molecule has 0 bridgehead atoms. The quantitative estimate of drug-likeness (QED) is 0.690. The van der Waals surface area contributed by atoms with Gasteiger partial charge in [0.25, 0.3) is 0 Å². The van der Waals surface area contributed by atoms with Crippen LogP contribution >= 0.6 is 0 Å². The van der Waals surface area contributed by atoms with Crippen molar-refractivity contribution in [1.82, 2.24) is 24.8 Å². The molecule has 0 spiro atoms. The van der Waals surface area contributed by atoms with Gasteiger partial charge in [-0.25, -0.2) is 0 Å². The van der Waals surface area contributed by atoms with Crippen LogP contribution in [0.2, 0.25) is 0 Å². The molecule has 6 nitrogen and oxygen atoms in total. The summed E-state index contributed by atoms with van der Waals surface area (Å²) >= 11 is 0. The number of nitrogens with zero attached hydrogens (tertiary/aromatic N) is 5. The van der Waals surface area contributed by atoms with Gasteiger partial charge in [-0.05, 0) is 44.0 Å². The summed E-state index contributed by atoms with van der Waals surface area (Å²) in [6.45, 7) is 2.90. The van der Waals surface area contributed by atoms with E-state index in [0.29, 0.717) is 6.04 Å². The maximum atomic E-state index is 5.58. The van der Waals surface area contributed by atoms with Crippen LogP contribution in [0.5, 0.6) is 0 Å². The highest BCUT2D eigenvalue weighted by Gasteiger charge is 2.23. The van der Waals surface area contributed by atoms with Crippen LogP contribution in [0.25, 0.3) is 11.3 Å². The molecule has 1 aliphatic rings. The third-order valence-corrected chi connectivity index (χ3v) is 4.87. The van der Waals surface area contributed by atoms with Gasteiger partial charge in [0.05, 0.1) is 6.54 Å². The van der Waals surface area contributed by atoms with Crippen molar-refractivity contribution in [2.45, 2.75) is 44.8 Å². The van der Waals surface area contributed by atoms with Gasteiger partial charge in [0.2, 0.25) is 0 Å². The van der Waals surface area contributed by atoms with E-state index in [-0.39, 0.29) is 0 Å². The Bertz CT molecular complexity index is 768. The number of aryl methyl sites for hydroxylation is 1. The van der Waals surface area contributed by atoms with Crippen LogP contribution in [0, 0.1) is 0 Å². The number of hydrogen-bond donors (Lipinski definition) is 0. The van der Waals surface area contributed by atoms with Crippen LogP contribution < -0.4 is 0 Å². The molecule has 1 atom stereocenters. The standard InChI is InChI=1S/C19H23N5O/c1-2-10-23(17(6-1)7-12-24-11-4-9-21-24)15-18-13-19(22-25-18)16-5-3-8-20-14-16/h3-5,8-9,11,13-14,17H,1-2,6-7,10,12,15H2. The van der Waals surface area contributed by atoms with Crippen LogP contribution in [0.15, 0.2) is 53.6 Å². The Labute approximate surface area is 147 Å². The van der Waals surface area contributed by atoms with E-state index in [1.807, 2.05) is 47.5 Å². The van der Waals surface area contributed by atoms with Crippen LogP contribution in [-0.4, -0.2) is 37.4 Å². The first-order valence-electron chi connectivity index (χ1n) is 8.96. The molecule has 1 saturated heterocycles. The smallest absolute Gasteiger partial charge is 0.151 e. The minimum atomic E-state index is 0.574. The molecule has 6 heteroatoms. The van der Waals surface area contributed by atoms with Crippen molar-refractivity contribution in [3.63, 3.8) is 0 Å². The van der Waals surface area contributed by atoms with E-state index in [9.17, 15) is 0 Å². The molecule has 4 heterocycles. The Morgan fingerprint density at radius 3 is 3.04 bits per heavy atom. The molecule has 0 saturated carbocycles. The van der Waals surface area contributed by atoms with E-state index in [4.69, 9.17) is 4.52 Å². The summed E-state index contributed by atoms with van der Waals surface area (Å²) in [6.07, 6.45) is 12.4. The molecular formula is C19H23N5O. The molecule has 1 aliphatic heterocycles. The van der Waals surface area contributed by atoms with Gasteiger partial charge in [-0.2, -0.15) is 5.10 Å². The lowest BCUT2D eigenvalue weighted by Gasteiger charge is -2.35. The molecule has 130 valence electrons. The average Bonchev–Trinajstić information content (AvgIpc) is 3.34. The van der Waals surface area contributed by atoms with E-state index in [1.165, 1.54) is 19.3 Å². The third kappa shape index (κ3) is 3.96. The first kappa shape index (κ1) is 16.0. The second-order valence-electron chi connectivity index (χ2n) is 6.60. The van der Waals surface area contributed by atoms with Crippen molar-refractivity contribution in [2.24, 2.45) is 0 Å². The van der Waals surface area contributed by atoms with Crippen molar-refractivity contribution < 1.29 is 4.52 Å². The van der Waals surface area contributed by atoms with Crippen LogP contribution in [0.4, 0.5) is 0 Å². The highest BCUT2D eigenvalue weighted by molar-refractivity contribution is 5.57. The molecule has 3 aromatic heterocycles. The second kappa shape index (κ2) is 7.61. The first-order chi connectivity index (χ1) is 12.4. The van der Waals surface area contributed by atoms with Crippen molar-refractivity contribution in [3.05, 3.63) is 54.8 Å². The second-order valence-corrected chi connectivity index (χ2v) is 6.60. The fourth-order valence-corrected chi connectivity index (χ4v) is 3.55. The summed E-state index contributed by atoms with van der Waals surface area (Å²) in [4.78, 5) is 6.67. The number of hydrogen-bond acceptors (Lipinski definition) is 5. The van der Waals surface area contributed by atoms with Gasteiger partial charge in [-0.1, -0.05) is 11.6 Å². The molecule has 0 amide bonds. The van der Waals surface area contributed by atoms with Crippen LogP contribution in [-0.2, 0) is 13.1 Å². The molecule has 0 radical (unpaired) electrons. The van der Waals surface area contributed by atoms with Crippen molar-refractivity contribution >= 4 is 0 Å². The Kier molecular flexibility index (Phi) is 4.88.